The summed E-state index contributed by atoms with van der Waals surface area (Å²) in [7, 11) is 0. The number of rotatable bonds is 6. The van der Waals surface area contributed by atoms with Crippen molar-refractivity contribution < 1.29 is 4.79 Å². The number of anilines is 1. The van der Waals surface area contributed by atoms with Crippen molar-refractivity contribution in [3.8, 4) is 0 Å². The number of likely N-dealkylation sites (N-methyl/N-ethyl adjacent to an activating group) is 1. The highest BCUT2D eigenvalue weighted by atomic mass is 35.5. The van der Waals surface area contributed by atoms with E-state index in [1.54, 1.807) is 0 Å². The molecule has 1 atom stereocenters. The van der Waals surface area contributed by atoms with Crippen LogP contribution in [0.4, 0.5) is 5.69 Å². The molecule has 25 heavy (non-hydrogen) atoms. The Balaban J connectivity index is 1.95. The molecule has 1 unspecified atom stereocenters. The van der Waals surface area contributed by atoms with Crippen LogP contribution in [-0.2, 0) is 0 Å². The van der Waals surface area contributed by atoms with Gasteiger partial charge in [-0.1, -0.05) is 43.6 Å². The molecule has 132 valence electrons. The highest BCUT2D eigenvalue weighted by molar-refractivity contribution is 6.30. The predicted molar refractivity (Wildman–Crippen MR) is 103 cm³/mol. The van der Waals surface area contributed by atoms with Crippen LogP contribution < -0.4 is 10.6 Å². The van der Waals surface area contributed by atoms with E-state index in [1.165, 1.54) is 0 Å². The highest BCUT2D eigenvalue weighted by Gasteiger charge is 2.27. The topological polar surface area (TPSA) is 44.4 Å². The molecule has 1 heterocycles. The molecule has 0 bridgehead atoms. The van der Waals surface area contributed by atoms with Crippen LogP contribution in [0.1, 0.15) is 41.4 Å². The molecule has 2 N–H and O–H groups in total. The summed E-state index contributed by atoms with van der Waals surface area (Å²) in [5.74, 6) is -0.0767. The Morgan fingerprint density at radius 3 is 2.64 bits per heavy atom. The number of carbonyl (C=O) groups excluding carboxylic acids is 1. The second-order valence-electron chi connectivity index (χ2n) is 6.19. The maximum absolute atomic E-state index is 12.6. The molecule has 1 aliphatic rings. The number of hydrogen-bond donors (Lipinski definition) is 2. The number of nitrogens with zero attached hydrogens (tertiary/aromatic N) is 1. The third-order valence-electron chi connectivity index (χ3n) is 4.76. The van der Waals surface area contributed by atoms with E-state index in [9.17, 15) is 4.79 Å². The molecule has 0 saturated heterocycles. The third-order valence-corrected chi connectivity index (χ3v) is 5.00. The lowest BCUT2D eigenvalue weighted by Crippen LogP contribution is -2.34. The summed E-state index contributed by atoms with van der Waals surface area (Å²) < 4.78 is 0. The van der Waals surface area contributed by atoms with E-state index in [-0.39, 0.29) is 11.9 Å². The van der Waals surface area contributed by atoms with Gasteiger partial charge >= 0.3 is 0 Å². The molecule has 1 amide bonds. The third kappa shape index (κ3) is 3.87. The van der Waals surface area contributed by atoms with Crippen LogP contribution in [0, 0.1) is 0 Å². The van der Waals surface area contributed by atoms with Crippen LogP contribution in [0.15, 0.2) is 42.5 Å². The minimum atomic E-state index is -0.0767. The number of amides is 1. The van der Waals surface area contributed by atoms with Crippen LogP contribution in [-0.4, -0.2) is 37.0 Å². The normalized spacial score (nSPS) is 16.2. The van der Waals surface area contributed by atoms with Gasteiger partial charge in [0, 0.05) is 29.4 Å². The van der Waals surface area contributed by atoms with Crippen molar-refractivity contribution in [2.45, 2.75) is 19.9 Å². The lowest BCUT2D eigenvalue weighted by Gasteiger charge is -2.24. The number of fused-ring (bicyclic) bond motifs is 2. The van der Waals surface area contributed by atoms with Crippen LogP contribution in [0.2, 0.25) is 5.02 Å². The monoisotopic (exact) mass is 357 g/mol. The van der Waals surface area contributed by atoms with Gasteiger partial charge in [0.25, 0.3) is 5.91 Å². The molecule has 2 aromatic rings. The Bertz CT molecular complexity index is 758. The van der Waals surface area contributed by atoms with Crippen LogP contribution in [0.3, 0.4) is 0 Å². The molecule has 5 heteroatoms. The van der Waals surface area contributed by atoms with Gasteiger partial charge in [0.1, 0.15) is 0 Å². The van der Waals surface area contributed by atoms with Gasteiger partial charge in [-0.2, -0.15) is 0 Å². The van der Waals surface area contributed by atoms with Gasteiger partial charge in [-0.3, -0.25) is 4.79 Å². The first-order valence-corrected chi connectivity index (χ1v) is 9.17. The number of halogens is 1. The van der Waals surface area contributed by atoms with E-state index in [4.69, 9.17) is 11.6 Å². The maximum atomic E-state index is 12.6. The van der Waals surface area contributed by atoms with Crippen LogP contribution >= 0.6 is 11.6 Å². The van der Waals surface area contributed by atoms with Gasteiger partial charge in [-0.25, -0.2) is 0 Å². The lowest BCUT2D eigenvalue weighted by molar-refractivity contribution is 0.102. The van der Waals surface area contributed by atoms with E-state index < -0.39 is 0 Å². The molecule has 3 rings (SSSR count). The maximum Gasteiger partial charge on any atom is 0.256 e. The molecule has 0 aliphatic carbocycles. The van der Waals surface area contributed by atoms with Crippen LogP contribution in [0.5, 0.6) is 0 Å². The zero-order valence-corrected chi connectivity index (χ0v) is 15.4. The summed E-state index contributed by atoms with van der Waals surface area (Å²) in [4.78, 5) is 15.0. The largest absolute Gasteiger partial charge is 0.322 e. The fourth-order valence-corrected chi connectivity index (χ4v) is 3.51. The fourth-order valence-electron chi connectivity index (χ4n) is 3.33. The van der Waals surface area contributed by atoms with E-state index in [1.807, 2.05) is 42.5 Å². The quantitative estimate of drug-likeness (QED) is 0.823. The molecular weight excluding hydrogens is 334 g/mol. The van der Waals surface area contributed by atoms with Gasteiger partial charge in [-0.05, 0) is 48.5 Å². The molecule has 1 aliphatic heterocycles. The molecule has 0 saturated carbocycles. The van der Waals surface area contributed by atoms with E-state index >= 15 is 0 Å². The van der Waals surface area contributed by atoms with Gasteiger partial charge in [0.15, 0.2) is 0 Å². The van der Waals surface area contributed by atoms with Gasteiger partial charge in [0.05, 0.1) is 6.04 Å². The Kier molecular flexibility index (Phi) is 5.74. The van der Waals surface area contributed by atoms with Gasteiger partial charge < -0.3 is 15.5 Å². The summed E-state index contributed by atoms with van der Waals surface area (Å²) in [6.07, 6.45) is 0. The second kappa shape index (κ2) is 8.00. The standard InChI is InChI=1S/C20H24ClN3O/c1-3-24(4-2)12-11-22-19-15-7-5-6-8-16(15)20(25)23-18-10-9-14(21)13-17(18)19/h5-10,13,19,22H,3-4,11-12H2,1-2H3,(H,23,25). The summed E-state index contributed by atoms with van der Waals surface area (Å²) in [5.41, 5.74) is 3.51. The van der Waals surface area contributed by atoms with Crippen molar-refractivity contribution >= 4 is 23.2 Å². The molecule has 4 nitrogen and oxygen atoms in total. The minimum absolute atomic E-state index is 0.0700. The Labute approximate surface area is 154 Å². The first kappa shape index (κ1) is 17.9. The zero-order valence-electron chi connectivity index (χ0n) is 14.7. The van der Waals surface area contributed by atoms with E-state index in [0.29, 0.717) is 10.6 Å². The molecule has 2 aromatic carbocycles. The van der Waals surface area contributed by atoms with Crippen molar-refractivity contribution in [3.05, 3.63) is 64.2 Å². The second-order valence-corrected chi connectivity index (χ2v) is 6.62. The van der Waals surface area contributed by atoms with Crippen molar-refractivity contribution in [2.24, 2.45) is 0 Å². The Morgan fingerprint density at radius 2 is 1.88 bits per heavy atom. The molecule has 0 aromatic heterocycles. The molecule has 0 spiro atoms. The summed E-state index contributed by atoms with van der Waals surface area (Å²) in [5, 5.41) is 7.31. The average molecular weight is 358 g/mol. The zero-order chi connectivity index (χ0) is 17.8. The first-order chi connectivity index (χ1) is 12.1. The van der Waals surface area contributed by atoms with Gasteiger partial charge in [0.2, 0.25) is 0 Å². The van der Waals surface area contributed by atoms with Crippen molar-refractivity contribution in [3.63, 3.8) is 0 Å². The molecule has 0 radical (unpaired) electrons. The number of carbonyl (C=O) groups is 1. The number of nitrogens with one attached hydrogen (secondary N) is 2. The summed E-state index contributed by atoms with van der Waals surface area (Å²) >= 11 is 6.24. The lowest BCUT2D eigenvalue weighted by atomic mass is 9.95. The summed E-state index contributed by atoms with van der Waals surface area (Å²) in [6.45, 7) is 8.19. The van der Waals surface area contributed by atoms with Crippen molar-refractivity contribution in [1.82, 2.24) is 10.2 Å². The Hall–Kier alpha value is -1.88. The summed E-state index contributed by atoms with van der Waals surface area (Å²) in [6, 6.07) is 13.3. The molecule has 0 fully saturated rings. The minimum Gasteiger partial charge on any atom is -0.322 e. The number of benzene rings is 2. The fraction of sp³-hybridized carbons (Fsp3) is 0.350. The SMILES string of the molecule is CCN(CC)CCNC1c2cc(Cl)ccc2NC(=O)c2ccccc21. The van der Waals surface area contributed by atoms with E-state index in [2.05, 4.69) is 29.4 Å². The van der Waals surface area contributed by atoms with Crippen molar-refractivity contribution in [2.75, 3.05) is 31.5 Å². The smallest absolute Gasteiger partial charge is 0.256 e. The number of hydrogen-bond acceptors (Lipinski definition) is 3. The average Bonchev–Trinajstić information content (AvgIpc) is 2.74. The predicted octanol–water partition coefficient (Wildman–Crippen LogP) is 3.93. The molecular formula is C20H24ClN3O. The first-order valence-electron chi connectivity index (χ1n) is 8.79. The Morgan fingerprint density at radius 1 is 1.12 bits per heavy atom. The van der Waals surface area contributed by atoms with Crippen molar-refractivity contribution in [1.29, 1.82) is 0 Å². The van der Waals surface area contributed by atoms with Crippen LogP contribution in [0.25, 0.3) is 0 Å². The van der Waals surface area contributed by atoms with Gasteiger partial charge in [-0.15, -0.1) is 0 Å². The van der Waals surface area contributed by atoms with E-state index in [0.717, 1.165) is 43.0 Å². The highest BCUT2D eigenvalue weighted by Crippen LogP contribution is 2.35.